The Labute approximate surface area is 176 Å². The standard InChI is InChI=1S/C23H29BrN2O2/c1-17-4-3-5-22(18(17)2)28-15-12-25-23(27)20-10-13-26(14-11-20)16-19-6-8-21(24)9-7-19/h3-9,20H,10-16H2,1-2H3,(H,25,27). The summed E-state index contributed by atoms with van der Waals surface area (Å²) in [4.78, 5) is 14.9. The van der Waals surface area contributed by atoms with E-state index >= 15 is 0 Å². The maximum atomic E-state index is 12.4. The highest BCUT2D eigenvalue weighted by molar-refractivity contribution is 9.10. The van der Waals surface area contributed by atoms with Crippen molar-refractivity contribution in [2.24, 2.45) is 5.92 Å². The average Bonchev–Trinajstić information content (AvgIpc) is 2.70. The van der Waals surface area contributed by atoms with Crippen molar-refractivity contribution in [1.82, 2.24) is 10.2 Å². The molecule has 5 heteroatoms. The van der Waals surface area contributed by atoms with Crippen molar-refractivity contribution in [2.45, 2.75) is 33.2 Å². The first-order chi connectivity index (χ1) is 13.5. The normalized spacial score (nSPS) is 15.4. The summed E-state index contributed by atoms with van der Waals surface area (Å²) in [6.07, 6.45) is 1.83. The van der Waals surface area contributed by atoms with Crippen LogP contribution in [0.15, 0.2) is 46.9 Å². The largest absolute Gasteiger partial charge is 0.491 e. The zero-order valence-corrected chi connectivity index (χ0v) is 18.3. The molecule has 0 radical (unpaired) electrons. The SMILES string of the molecule is Cc1cccc(OCCNC(=O)C2CCN(Cc3ccc(Br)cc3)CC2)c1C. The zero-order chi connectivity index (χ0) is 19.9. The molecule has 0 saturated carbocycles. The average molecular weight is 445 g/mol. The monoisotopic (exact) mass is 444 g/mol. The topological polar surface area (TPSA) is 41.6 Å². The number of ether oxygens (including phenoxy) is 1. The summed E-state index contributed by atoms with van der Waals surface area (Å²) in [6.45, 7) is 8.06. The van der Waals surface area contributed by atoms with E-state index < -0.39 is 0 Å². The lowest BCUT2D eigenvalue weighted by molar-refractivity contribution is -0.126. The molecule has 0 bridgehead atoms. The molecule has 4 nitrogen and oxygen atoms in total. The number of nitrogens with one attached hydrogen (secondary N) is 1. The third-order valence-electron chi connectivity index (χ3n) is 5.49. The van der Waals surface area contributed by atoms with E-state index in [4.69, 9.17) is 4.74 Å². The first-order valence-corrected chi connectivity index (χ1v) is 10.8. The van der Waals surface area contributed by atoms with Crippen molar-refractivity contribution in [3.8, 4) is 5.75 Å². The molecule has 0 aromatic heterocycles. The van der Waals surface area contributed by atoms with Gasteiger partial charge in [-0.3, -0.25) is 9.69 Å². The third-order valence-corrected chi connectivity index (χ3v) is 6.02. The quantitative estimate of drug-likeness (QED) is 0.640. The van der Waals surface area contributed by atoms with E-state index in [-0.39, 0.29) is 11.8 Å². The second-order valence-electron chi connectivity index (χ2n) is 7.51. The molecule has 2 aromatic carbocycles. The fraction of sp³-hybridized carbons (Fsp3) is 0.435. The van der Waals surface area contributed by atoms with E-state index in [0.29, 0.717) is 13.2 Å². The lowest BCUT2D eigenvalue weighted by Crippen LogP contribution is -2.41. The van der Waals surface area contributed by atoms with Crippen molar-refractivity contribution in [3.05, 3.63) is 63.6 Å². The number of hydrogen-bond donors (Lipinski definition) is 1. The highest BCUT2D eigenvalue weighted by Gasteiger charge is 2.24. The molecule has 150 valence electrons. The number of halogens is 1. The minimum atomic E-state index is 0.113. The van der Waals surface area contributed by atoms with Gasteiger partial charge in [0.2, 0.25) is 5.91 Å². The molecular weight excluding hydrogens is 416 g/mol. The Morgan fingerprint density at radius 3 is 2.57 bits per heavy atom. The van der Waals surface area contributed by atoms with Gasteiger partial charge in [0.15, 0.2) is 0 Å². The van der Waals surface area contributed by atoms with Gasteiger partial charge in [-0.15, -0.1) is 0 Å². The van der Waals surface area contributed by atoms with E-state index in [2.05, 4.69) is 70.3 Å². The van der Waals surface area contributed by atoms with Crippen LogP contribution in [0.25, 0.3) is 0 Å². The minimum Gasteiger partial charge on any atom is -0.491 e. The molecule has 1 amide bonds. The minimum absolute atomic E-state index is 0.113. The molecule has 1 fully saturated rings. The van der Waals surface area contributed by atoms with Crippen LogP contribution >= 0.6 is 15.9 Å². The van der Waals surface area contributed by atoms with E-state index in [1.165, 1.54) is 11.1 Å². The number of carbonyl (C=O) groups excluding carboxylic acids is 1. The summed E-state index contributed by atoms with van der Waals surface area (Å²) in [7, 11) is 0. The second-order valence-corrected chi connectivity index (χ2v) is 8.43. The van der Waals surface area contributed by atoms with E-state index in [0.717, 1.165) is 48.3 Å². The maximum absolute atomic E-state index is 12.4. The molecule has 2 aromatic rings. The number of aryl methyl sites for hydroxylation is 1. The molecule has 1 aliphatic heterocycles. The highest BCUT2D eigenvalue weighted by atomic mass is 79.9. The fourth-order valence-corrected chi connectivity index (χ4v) is 3.83. The van der Waals surface area contributed by atoms with Crippen molar-refractivity contribution in [1.29, 1.82) is 0 Å². The lowest BCUT2D eigenvalue weighted by Gasteiger charge is -2.31. The Balaban J connectivity index is 1.35. The smallest absolute Gasteiger partial charge is 0.223 e. The summed E-state index contributed by atoms with van der Waals surface area (Å²) in [5.74, 6) is 1.17. The third kappa shape index (κ3) is 5.82. The van der Waals surface area contributed by atoms with Gasteiger partial charge in [0, 0.05) is 16.9 Å². The Hall–Kier alpha value is -1.85. The number of piperidine rings is 1. The van der Waals surface area contributed by atoms with Gasteiger partial charge < -0.3 is 10.1 Å². The van der Waals surface area contributed by atoms with Crippen LogP contribution in [0.4, 0.5) is 0 Å². The molecule has 0 atom stereocenters. The molecule has 1 heterocycles. The summed E-state index contributed by atoms with van der Waals surface area (Å²) < 4.78 is 6.93. The van der Waals surface area contributed by atoms with E-state index in [9.17, 15) is 4.79 Å². The van der Waals surface area contributed by atoms with Gasteiger partial charge >= 0.3 is 0 Å². The summed E-state index contributed by atoms with van der Waals surface area (Å²) in [6, 6.07) is 14.5. The van der Waals surface area contributed by atoms with Gasteiger partial charge in [0.05, 0.1) is 6.54 Å². The second kappa shape index (κ2) is 10.1. The first kappa shape index (κ1) is 20.9. The van der Waals surface area contributed by atoms with Crippen molar-refractivity contribution < 1.29 is 9.53 Å². The molecule has 1 saturated heterocycles. The van der Waals surface area contributed by atoms with Gasteiger partial charge in [0.1, 0.15) is 12.4 Å². The van der Waals surface area contributed by atoms with E-state index in [1.807, 2.05) is 12.1 Å². The van der Waals surface area contributed by atoms with Gasteiger partial charge in [-0.25, -0.2) is 0 Å². The Bertz CT molecular complexity index is 784. The van der Waals surface area contributed by atoms with Gasteiger partial charge in [0.25, 0.3) is 0 Å². The molecule has 3 rings (SSSR count). The molecule has 1 N–H and O–H groups in total. The summed E-state index contributed by atoms with van der Waals surface area (Å²) >= 11 is 3.47. The number of rotatable bonds is 7. The van der Waals surface area contributed by atoms with Crippen LogP contribution in [0.1, 0.15) is 29.5 Å². The number of likely N-dealkylation sites (tertiary alicyclic amines) is 1. The molecule has 0 aliphatic carbocycles. The van der Waals surface area contributed by atoms with Gasteiger partial charge in [-0.1, -0.05) is 40.2 Å². The summed E-state index contributed by atoms with van der Waals surface area (Å²) in [5.41, 5.74) is 3.69. The van der Waals surface area contributed by atoms with Crippen molar-refractivity contribution in [2.75, 3.05) is 26.2 Å². The van der Waals surface area contributed by atoms with Crippen LogP contribution in [0.2, 0.25) is 0 Å². The highest BCUT2D eigenvalue weighted by Crippen LogP contribution is 2.21. The van der Waals surface area contributed by atoms with Gasteiger partial charge in [-0.2, -0.15) is 0 Å². The number of hydrogen-bond acceptors (Lipinski definition) is 3. The molecular formula is C23H29BrN2O2. The van der Waals surface area contributed by atoms with Crippen LogP contribution < -0.4 is 10.1 Å². The summed E-state index contributed by atoms with van der Waals surface area (Å²) in [5, 5.41) is 3.04. The Morgan fingerprint density at radius 1 is 1.14 bits per heavy atom. The number of benzene rings is 2. The van der Waals surface area contributed by atoms with E-state index in [1.54, 1.807) is 0 Å². The molecule has 1 aliphatic rings. The number of nitrogens with zero attached hydrogens (tertiary/aromatic N) is 1. The lowest BCUT2D eigenvalue weighted by atomic mass is 9.95. The van der Waals surface area contributed by atoms with Crippen LogP contribution in [-0.2, 0) is 11.3 Å². The zero-order valence-electron chi connectivity index (χ0n) is 16.7. The van der Waals surface area contributed by atoms with Crippen molar-refractivity contribution in [3.63, 3.8) is 0 Å². The predicted molar refractivity (Wildman–Crippen MR) is 117 cm³/mol. The van der Waals surface area contributed by atoms with Crippen LogP contribution in [0.3, 0.4) is 0 Å². The van der Waals surface area contributed by atoms with Crippen LogP contribution in [0, 0.1) is 19.8 Å². The molecule has 0 spiro atoms. The Kier molecular flexibility index (Phi) is 7.51. The number of amides is 1. The van der Waals surface area contributed by atoms with Crippen molar-refractivity contribution >= 4 is 21.8 Å². The maximum Gasteiger partial charge on any atom is 0.223 e. The van der Waals surface area contributed by atoms with Gasteiger partial charge in [-0.05, 0) is 74.7 Å². The predicted octanol–water partition coefficient (Wildman–Crippen LogP) is 4.47. The van der Waals surface area contributed by atoms with Crippen LogP contribution in [-0.4, -0.2) is 37.0 Å². The Morgan fingerprint density at radius 2 is 1.86 bits per heavy atom. The fourth-order valence-electron chi connectivity index (χ4n) is 3.56. The molecule has 0 unspecified atom stereocenters. The number of carbonyl (C=O) groups is 1. The first-order valence-electron chi connectivity index (χ1n) is 9.96. The van der Waals surface area contributed by atoms with Crippen LogP contribution in [0.5, 0.6) is 5.75 Å². The molecule has 28 heavy (non-hydrogen) atoms.